The maximum absolute atomic E-state index is 8.71. The third kappa shape index (κ3) is 2.52. The largest absolute Gasteiger partial charge is 0.421 e. The van der Waals surface area contributed by atoms with Crippen molar-refractivity contribution in [3.63, 3.8) is 0 Å². The Morgan fingerprint density at radius 3 is 2.88 bits per heavy atom. The first-order valence-electron chi connectivity index (χ1n) is 4.65. The molecule has 0 unspecified atom stereocenters. The number of nitrogens with zero attached hydrogens (tertiary/aromatic N) is 3. The van der Waals surface area contributed by atoms with Crippen LogP contribution in [0.5, 0.6) is 11.8 Å². The van der Waals surface area contributed by atoms with Gasteiger partial charge in [0.2, 0.25) is 0 Å². The fraction of sp³-hybridized carbons (Fsp3) is 0. The number of benzene rings is 1. The Morgan fingerprint density at radius 1 is 1.35 bits per heavy atom. The fourth-order valence-electron chi connectivity index (χ4n) is 1.18. The Kier molecular flexibility index (Phi) is 3.21. The zero-order chi connectivity index (χ0) is 12.3. The Labute approximate surface area is 106 Å². The van der Waals surface area contributed by atoms with Crippen molar-refractivity contribution < 1.29 is 4.74 Å². The summed E-state index contributed by atoms with van der Waals surface area (Å²) in [4.78, 5) is 7.80. The summed E-state index contributed by atoms with van der Waals surface area (Å²) in [5.41, 5.74) is 6.46. The first-order chi connectivity index (χ1) is 8.20. The molecular weight excluding hydrogens is 284 g/mol. The Balaban J connectivity index is 2.35. The van der Waals surface area contributed by atoms with Crippen LogP contribution in [0.15, 0.2) is 34.9 Å². The molecule has 0 aliphatic carbocycles. The lowest BCUT2D eigenvalue weighted by atomic mass is 10.3. The number of hydrogen-bond acceptors (Lipinski definition) is 5. The van der Waals surface area contributed by atoms with Crippen molar-refractivity contribution in [2.75, 3.05) is 5.73 Å². The van der Waals surface area contributed by atoms with Crippen molar-refractivity contribution in [3.8, 4) is 17.8 Å². The van der Waals surface area contributed by atoms with Crippen molar-refractivity contribution in [2.24, 2.45) is 0 Å². The van der Waals surface area contributed by atoms with E-state index in [0.717, 1.165) is 0 Å². The van der Waals surface area contributed by atoms with Crippen molar-refractivity contribution in [1.29, 1.82) is 5.26 Å². The average Bonchev–Trinajstić information content (AvgIpc) is 2.34. The highest BCUT2D eigenvalue weighted by Crippen LogP contribution is 2.33. The van der Waals surface area contributed by atoms with E-state index >= 15 is 0 Å². The van der Waals surface area contributed by atoms with E-state index in [2.05, 4.69) is 25.9 Å². The molecule has 1 aromatic carbocycles. The topological polar surface area (TPSA) is 84.8 Å². The molecule has 1 heterocycles. The highest BCUT2D eigenvalue weighted by Gasteiger charge is 2.08. The van der Waals surface area contributed by atoms with Crippen molar-refractivity contribution in [2.45, 2.75) is 0 Å². The van der Waals surface area contributed by atoms with E-state index in [1.54, 1.807) is 18.2 Å². The second-order valence-electron chi connectivity index (χ2n) is 3.10. The van der Waals surface area contributed by atoms with Gasteiger partial charge in [-0.1, -0.05) is 6.07 Å². The van der Waals surface area contributed by atoms with Crippen molar-refractivity contribution in [1.82, 2.24) is 9.97 Å². The predicted octanol–water partition coefficient (Wildman–Crippen LogP) is 2.49. The average molecular weight is 291 g/mol. The molecule has 2 aromatic rings. The minimum atomic E-state index is 0.0858. The van der Waals surface area contributed by atoms with Crippen molar-refractivity contribution in [3.05, 3.63) is 40.6 Å². The molecule has 84 valence electrons. The molecular formula is C11H7BrN4O. The molecule has 2 rings (SSSR count). The van der Waals surface area contributed by atoms with Gasteiger partial charge in [0.25, 0.3) is 0 Å². The molecule has 5 nitrogen and oxygen atoms in total. The highest BCUT2D eigenvalue weighted by molar-refractivity contribution is 9.10. The molecule has 0 amide bonds. The van der Waals surface area contributed by atoms with E-state index in [9.17, 15) is 0 Å². The summed E-state index contributed by atoms with van der Waals surface area (Å²) in [6, 6.07) is 8.77. The van der Waals surface area contributed by atoms with E-state index in [-0.39, 0.29) is 11.7 Å². The number of rotatable bonds is 2. The third-order valence-corrected chi connectivity index (χ3v) is 2.56. The van der Waals surface area contributed by atoms with Crippen LogP contribution in [0.1, 0.15) is 5.69 Å². The number of anilines is 1. The molecule has 2 N–H and O–H groups in total. The van der Waals surface area contributed by atoms with Gasteiger partial charge >= 0.3 is 6.01 Å². The zero-order valence-corrected chi connectivity index (χ0v) is 10.2. The van der Waals surface area contributed by atoms with Gasteiger partial charge in [0.15, 0.2) is 5.75 Å². The van der Waals surface area contributed by atoms with Gasteiger partial charge in [-0.2, -0.15) is 10.2 Å². The van der Waals surface area contributed by atoms with Gasteiger partial charge in [-0.3, -0.25) is 0 Å². The number of halogens is 1. The molecule has 0 spiro atoms. The number of nitrogen functional groups attached to an aromatic ring is 1. The summed E-state index contributed by atoms with van der Waals surface area (Å²) in [7, 11) is 0. The van der Waals surface area contributed by atoms with Crippen LogP contribution in [0.4, 0.5) is 5.69 Å². The smallest absolute Gasteiger partial charge is 0.323 e. The fourth-order valence-corrected chi connectivity index (χ4v) is 1.64. The van der Waals surface area contributed by atoms with Gasteiger partial charge in [0, 0.05) is 6.20 Å². The molecule has 17 heavy (non-hydrogen) atoms. The lowest BCUT2D eigenvalue weighted by Gasteiger charge is -2.08. The molecule has 6 heteroatoms. The van der Waals surface area contributed by atoms with Gasteiger partial charge < -0.3 is 10.5 Å². The molecule has 0 aliphatic heterocycles. The molecule has 0 radical (unpaired) electrons. The van der Waals surface area contributed by atoms with E-state index in [1.165, 1.54) is 12.3 Å². The van der Waals surface area contributed by atoms with Gasteiger partial charge in [-0.25, -0.2) is 4.98 Å². The second-order valence-corrected chi connectivity index (χ2v) is 3.95. The zero-order valence-electron chi connectivity index (χ0n) is 8.59. The summed E-state index contributed by atoms with van der Waals surface area (Å²) in [5, 5.41) is 8.71. The summed E-state index contributed by atoms with van der Waals surface area (Å²) in [6.45, 7) is 0. The number of para-hydroxylation sites is 1. The predicted molar refractivity (Wildman–Crippen MR) is 65.4 cm³/mol. The number of hydrogen-bond donors (Lipinski definition) is 1. The van der Waals surface area contributed by atoms with Crippen LogP contribution in [-0.2, 0) is 0 Å². The maximum atomic E-state index is 8.71. The molecule has 0 atom stereocenters. The van der Waals surface area contributed by atoms with Gasteiger partial charge in [-0.05, 0) is 34.1 Å². The van der Waals surface area contributed by atoms with E-state index in [1.807, 2.05) is 6.07 Å². The van der Waals surface area contributed by atoms with Gasteiger partial charge in [-0.15, -0.1) is 0 Å². The van der Waals surface area contributed by atoms with Crippen LogP contribution in [0.25, 0.3) is 0 Å². The van der Waals surface area contributed by atoms with E-state index in [0.29, 0.717) is 15.9 Å². The summed E-state index contributed by atoms with van der Waals surface area (Å²) < 4.78 is 6.13. The summed E-state index contributed by atoms with van der Waals surface area (Å²) in [5.74, 6) is 0.433. The minimum absolute atomic E-state index is 0.0858. The monoisotopic (exact) mass is 290 g/mol. The first kappa shape index (κ1) is 11.4. The molecule has 0 saturated carbocycles. The Morgan fingerprint density at radius 2 is 2.18 bits per heavy atom. The molecule has 0 fully saturated rings. The van der Waals surface area contributed by atoms with Crippen LogP contribution >= 0.6 is 15.9 Å². The maximum Gasteiger partial charge on any atom is 0.323 e. The van der Waals surface area contributed by atoms with Gasteiger partial charge in [0.05, 0.1) is 10.2 Å². The van der Waals surface area contributed by atoms with Crippen LogP contribution in [-0.4, -0.2) is 9.97 Å². The van der Waals surface area contributed by atoms with E-state index in [4.69, 9.17) is 15.7 Å². The Hall–Kier alpha value is -2.13. The summed E-state index contributed by atoms with van der Waals surface area (Å²) in [6.07, 6.45) is 1.45. The number of nitriles is 1. The van der Waals surface area contributed by atoms with Crippen molar-refractivity contribution >= 4 is 21.6 Å². The number of aromatic nitrogens is 2. The normalized spacial score (nSPS) is 9.65. The van der Waals surface area contributed by atoms with Crippen LogP contribution in [0, 0.1) is 11.3 Å². The third-order valence-electron chi connectivity index (χ3n) is 1.94. The lowest BCUT2D eigenvalue weighted by molar-refractivity contribution is 0.440. The molecule has 0 bridgehead atoms. The standard InChI is InChI=1S/C11H7BrN4O/c12-8-2-1-3-9(14)10(8)17-11-15-5-4-7(6-13)16-11/h1-5H,14H2. The quantitative estimate of drug-likeness (QED) is 0.859. The summed E-state index contributed by atoms with van der Waals surface area (Å²) >= 11 is 3.31. The van der Waals surface area contributed by atoms with Crippen LogP contribution in [0.3, 0.4) is 0 Å². The number of ether oxygens (including phenoxy) is 1. The molecule has 0 aliphatic rings. The lowest BCUT2D eigenvalue weighted by Crippen LogP contribution is -1.97. The minimum Gasteiger partial charge on any atom is -0.421 e. The van der Waals surface area contributed by atoms with E-state index < -0.39 is 0 Å². The first-order valence-corrected chi connectivity index (χ1v) is 5.45. The Bertz CT molecular complexity index is 574. The highest BCUT2D eigenvalue weighted by atomic mass is 79.9. The second kappa shape index (κ2) is 4.80. The molecule has 0 saturated heterocycles. The van der Waals surface area contributed by atoms with Gasteiger partial charge in [0.1, 0.15) is 11.8 Å². The van der Waals surface area contributed by atoms with Crippen LogP contribution in [0.2, 0.25) is 0 Å². The SMILES string of the molecule is N#Cc1ccnc(Oc2c(N)cccc2Br)n1. The van der Waals surface area contributed by atoms with Crippen LogP contribution < -0.4 is 10.5 Å². The molecule has 1 aromatic heterocycles. The number of nitrogens with two attached hydrogens (primary N) is 1.